The highest BCUT2D eigenvalue weighted by atomic mass is 127. The Morgan fingerprint density at radius 3 is 2.65 bits per heavy atom. The molecule has 106 valence electrons. The number of alkyl halides is 1. The van der Waals surface area contributed by atoms with Gasteiger partial charge in [0, 0.05) is 3.57 Å². The zero-order valence-corrected chi connectivity index (χ0v) is 15.6. The smallest absolute Gasteiger partial charge is 0.133 e. The fraction of sp³-hybridized carbons (Fsp3) is 0.250. The summed E-state index contributed by atoms with van der Waals surface area (Å²) in [6, 6.07) is 14.2. The number of rotatable bonds is 5. The molecule has 2 aromatic carbocycles. The van der Waals surface area contributed by atoms with Gasteiger partial charge in [-0.05, 0) is 74.3 Å². The van der Waals surface area contributed by atoms with Crippen LogP contribution in [0.25, 0.3) is 0 Å². The van der Waals surface area contributed by atoms with E-state index in [1.54, 1.807) is 0 Å². The Labute approximate surface area is 146 Å². The van der Waals surface area contributed by atoms with Crippen molar-refractivity contribution < 1.29 is 4.74 Å². The molecule has 0 aliphatic rings. The first-order valence-corrected chi connectivity index (χ1v) is 8.75. The average molecular weight is 466 g/mol. The van der Waals surface area contributed by atoms with Gasteiger partial charge in [-0.3, -0.25) is 0 Å². The molecule has 2 aromatic rings. The Kier molecular flexibility index (Phi) is 6.18. The molecule has 0 saturated carbocycles. The topological polar surface area (TPSA) is 9.23 Å². The summed E-state index contributed by atoms with van der Waals surface area (Å²) < 4.78 is 7.78. The van der Waals surface area contributed by atoms with Crippen LogP contribution in [0.15, 0.2) is 46.9 Å². The van der Waals surface area contributed by atoms with E-state index in [1.807, 2.05) is 30.3 Å². The van der Waals surface area contributed by atoms with Gasteiger partial charge in [-0.1, -0.05) is 31.2 Å². The minimum absolute atomic E-state index is 0.153. The number of halogens is 3. The molecular formula is C16H15BrClIO. The maximum atomic E-state index is 6.60. The number of hydrogen-bond acceptors (Lipinski definition) is 1. The van der Waals surface area contributed by atoms with E-state index in [4.69, 9.17) is 16.3 Å². The Balaban J connectivity index is 2.25. The minimum atomic E-state index is -0.153. The van der Waals surface area contributed by atoms with Crippen LogP contribution in [0.3, 0.4) is 0 Å². The van der Waals surface area contributed by atoms with E-state index in [0.29, 0.717) is 0 Å². The molecule has 1 nitrogen and oxygen atoms in total. The standard InChI is InChI=1S/C16H15BrClIO/c1-2-9-20-15-8-7-11(10-13(15)17)16(18)12-5-3-4-6-14(12)19/h3-8,10,16H,2,9H2,1H3. The van der Waals surface area contributed by atoms with Gasteiger partial charge < -0.3 is 4.74 Å². The first kappa shape index (κ1) is 16.1. The van der Waals surface area contributed by atoms with E-state index in [-0.39, 0.29) is 5.38 Å². The average Bonchev–Trinajstić information content (AvgIpc) is 2.46. The van der Waals surface area contributed by atoms with Crippen LogP contribution >= 0.6 is 50.1 Å². The molecule has 0 aromatic heterocycles. The first-order valence-electron chi connectivity index (χ1n) is 6.44. The summed E-state index contributed by atoms with van der Waals surface area (Å²) in [5, 5.41) is -0.153. The summed E-state index contributed by atoms with van der Waals surface area (Å²) in [4.78, 5) is 0. The highest BCUT2D eigenvalue weighted by Gasteiger charge is 2.15. The van der Waals surface area contributed by atoms with Gasteiger partial charge in [0.1, 0.15) is 5.75 Å². The molecule has 1 atom stereocenters. The largest absolute Gasteiger partial charge is 0.492 e. The van der Waals surface area contributed by atoms with Crippen molar-refractivity contribution in [2.24, 2.45) is 0 Å². The lowest BCUT2D eigenvalue weighted by molar-refractivity contribution is 0.315. The van der Waals surface area contributed by atoms with Gasteiger partial charge in [0.05, 0.1) is 16.5 Å². The van der Waals surface area contributed by atoms with Crippen molar-refractivity contribution in [3.05, 3.63) is 61.6 Å². The number of ether oxygens (including phenoxy) is 1. The molecule has 0 amide bonds. The Morgan fingerprint density at radius 1 is 1.25 bits per heavy atom. The molecule has 0 spiro atoms. The van der Waals surface area contributed by atoms with E-state index in [9.17, 15) is 0 Å². The van der Waals surface area contributed by atoms with Gasteiger partial charge in [0.2, 0.25) is 0 Å². The molecule has 4 heteroatoms. The summed E-state index contributed by atoms with van der Waals surface area (Å²) in [6.07, 6.45) is 0.995. The number of hydrogen-bond donors (Lipinski definition) is 0. The lowest BCUT2D eigenvalue weighted by Gasteiger charge is -2.14. The summed E-state index contributed by atoms with van der Waals surface area (Å²) >= 11 is 12.5. The second kappa shape index (κ2) is 7.66. The van der Waals surface area contributed by atoms with Crippen molar-refractivity contribution in [1.29, 1.82) is 0 Å². The normalized spacial score (nSPS) is 12.2. The van der Waals surface area contributed by atoms with E-state index >= 15 is 0 Å². The Hall–Kier alpha value is -0.260. The highest BCUT2D eigenvalue weighted by molar-refractivity contribution is 14.1. The molecule has 0 aliphatic carbocycles. The Bertz CT molecular complexity index is 588. The van der Waals surface area contributed by atoms with E-state index in [2.05, 4.69) is 57.6 Å². The summed E-state index contributed by atoms with van der Waals surface area (Å²) in [5.74, 6) is 0.863. The van der Waals surface area contributed by atoms with E-state index in [1.165, 1.54) is 3.57 Å². The SMILES string of the molecule is CCCOc1ccc(C(Cl)c2ccccc2I)cc1Br. The molecule has 1 unspecified atom stereocenters. The van der Waals surface area contributed by atoms with Crippen molar-refractivity contribution in [2.45, 2.75) is 18.7 Å². The maximum absolute atomic E-state index is 6.60. The molecule has 0 fully saturated rings. The predicted molar refractivity (Wildman–Crippen MR) is 96.8 cm³/mol. The summed E-state index contributed by atoms with van der Waals surface area (Å²) in [7, 11) is 0. The summed E-state index contributed by atoms with van der Waals surface area (Å²) in [5.41, 5.74) is 2.19. The zero-order valence-electron chi connectivity index (χ0n) is 11.1. The fourth-order valence-electron chi connectivity index (χ4n) is 1.86. The van der Waals surface area contributed by atoms with Crippen LogP contribution in [-0.2, 0) is 0 Å². The van der Waals surface area contributed by atoms with Gasteiger partial charge in [0.25, 0.3) is 0 Å². The van der Waals surface area contributed by atoms with E-state index < -0.39 is 0 Å². The quantitative estimate of drug-likeness (QED) is 0.379. The van der Waals surface area contributed by atoms with Crippen LogP contribution in [0, 0.1) is 3.57 Å². The minimum Gasteiger partial charge on any atom is -0.492 e. The van der Waals surface area contributed by atoms with Crippen LogP contribution in [0.1, 0.15) is 29.8 Å². The van der Waals surface area contributed by atoms with Gasteiger partial charge in [0.15, 0.2) is 0 Å². The van der Waals surface area contributed by atoms with Gasteiger partial charge in [-0.25, -0.2) is 0 Å². The molecule has 0 N–H and O–H groups in total. The zero-order chi connectivity index (χ0) is 14.5. The maximum Gasteiger partial charge on any atom is 0.133 e. The van der Waals surface area contributed by atoms with Crippen LogP contribution in [0.4, 0.5) is 0 Å². The monoisotopic (exact) mass is 464 g/mol. The van der Waals surface area contributed by atoms with Crippen LogP contribution in [0.5, 0.6) is 5.75 Å². The molecule has 0 saturated heterocycles. The molecule has 0 aliphatic heterocycles. The van der Waals surface area contributed by atoms with Crippen molar-refractivity contribution in [3.8, 4) is 5.75 Å². The fourth-order valence-corrected chi connectivity index (χ4v) is 3.58. The van der Waals surface area contributed by atoms with Gasteiger partial charge in [-0.15, -0.1) is 11.6 Å². The highest BCUT2D eigenvalue weighted by Crippen LogP contribution is 2.35. The predicted octanol–water partition coefficient (Wildman–Crippen LogP) is 6.17. The number of benzene rings is 2. The molecule has 0 radical (unpaired) electrons. The first-order chi connectivity index (χ1) is 9.63. The van der Waals surface area contributed by atoms with Crippen molar-refractivity contribution in [2.75, 3.05) is 6.61 Å². The lowest BCUT2D eigenvalue weighted by atomic mass is 10.0. The second-order valence-corrected chi connectivity index (χ2v) is 6.88. The van der Waals surface area contributed by atoms with Crippen molar-refractivity contribution in [1.82, 2.24) is 0 Å². The van der Waals surface area contributed by atoms with Crippen LogP contribution in [-0.4, -0.2) is 6.61 Å². The van der Waals surface area contributed by atoms with Crippen molar-refractivity contribution >= 4 is 50.1 Å². The van der Waals surface area contributed by atoms with Crippen LogP contribution < -0.4 is 4.74 Å². The lowest BCUT2D eigenvalue weighted by Crippen LogP contribution is -1.99. The Morgan fingerprint density at radius 2 is 2.00 bits per heavy atom. The van der Waals surface area contributed by atoms with Gasteiger partial charge in [-0.2, -0.15) is 0 Å². The van der Waals surface area contributed by atoms with E-state index in [0.717, 1.165) is 34.4 Å². The van der Waals surface area contributed by atoms with Gasteiger partial charge >= 0.3 is 0 Å². The molecular weight excluding hydrogens is 450 g/mol. The van der Waals surface area contributed by atoms with Crippen molar-refractivity contribution in [3.63, 3.8) is 0 Å². The molecule has 0 heterocycles. The van der Waals surface area contributed by atoms with Crippen LogP contribution in [0.2, 0.25) is 0 Å². The summed E-state index contributed by atoms with van der Waals surface area (Å²) in [6.45, 7) is 2.81. The third-order valence-electron chi connectivity index (χ3n) is 2.89. The third-order valence-corrected chi connectivity index (χ3v) is 4.98. The second-order valence-electron chi connectivity index (χ2n) is 4.42. The molecule has 20 heavy (non-hydrogen) atoms. The molecule has 0 bridgehead atoms. The third kappa shape index (κ3) is 3.89. The molecule has 2 rings (SSSR count).